The number of carbonyl (C=O) groups excluding carboxylic acids is 3. The third-order valence-electron chi connectivity index (χ3n) is 4.71. The van der Waals surface area contributed by atoms with E-state index in [9.17, 15) is 14.4 Å². The van der Waals surface area contributed by atoms with Gasteiger partial charge < -0.3 is 15.0 Å². The monoisotopic (exact) mass is 374 g/mol. The summed E-state index contributed by atoms with van der Waals surface area (Å²) in [5.74, 6) is 0.502. The maximum absolute atomic E-state index is 12.5. The van der Waals surface area contributed by atoms with E-state index in [1.807, 2.05) is 13.8 Å². The molecule has 1 unspecified atom stereocenters. The Hall–Kier alpha value is -2.37. The van der Waals surface area contributed by atoms with Crippen LogP contribution in [0.1, 0.15) is 56.3 Å². The van der Waals surface area contributed by atoms with Crippen LogP contribution in [0, 0.1) is 5.92 Å². The average molecular weight is 374 g/mol. The first-order chi connectivity index (χ1) is 13.0. The zero-order chi connectivity index (χ0) is 19.6. The van der Waals surface area contributed by atoms with E-state index in [2.05, 4.69) is 5.32 Å². The Bertz CT molecular complexity index is 642. The second kappa shape index (κ2) is 10.7. The predicted molar refractivity (Wildman–Crippen MR) is 104 cm³/mol. The van der Waals surface area contributed by atoms with Crippen LogP contribution < -0.4 is 10.1 Å². The molecule has 1 saturated heterocycles. The summed E-state index contributed by atoms with van der Waals surface area (Å²) in [6, 6.07) is 7.05. The number of hydrogen-bond acceptors (Lipinski definition) is 4. The van der Waals surface area contributed by atoms with Gasteiger partial charge in [-0.1, -0.05) is 6.92 Å². The molecule has 6 heteroatoms. The van der Waals surface area contributed by atoms with Crippen LogP contribution in [-0.4, -0.2) is 48.7 Å². The van der Waals surface area contributed by atoms with Crippen LogP contribution in [0.25, 0.3) is 0 Å². The van der Waals surface area contributed by atoms with E-state index in [0.29, 0.717) is 31.8 Å². The van der Waals surface area contributed by atoms with Crippen molar-refractivity contribution < 1.29 is 19.1 Å². The molecular formula is C21H30N2O4. The van der Waals surface area contributed by atoms with E-state index in [4.69, 9.17) is 4.74 Å². The van der Waals surface area contributed by atoms with E-state index >= 15 is 0 Å². The Morgan fingerprint density at radius 2 is 1.89 bits per heavy atom. The van der Waals surface area contributed by atoms with Crippen LogP contribution in [0.5, 0.6) is 5.75 Å². The largest absolute Gasteiger partial charge is 0.494 e. The standard InChI is InChI=1S/C21H30N2O4/c1-3-14-27-18-9-7-16(8-10-18)19(24)11-12-20(25)23-13-5-6-17(15-23)21(26)22-4-2/h7-10,17H,3-6,11-15H2,1-2H3,(H,22,26). The second-order valence-electron chi connectivity index (χ2n) is 6.87. The van der Waals surface area contributed by atoms with Crippen LogP contribution in [0.3, 0.4) is 0 Å². The molecule has 2 rings (SSSR count). The summed E-state index contributed by atoms with van der Waals surface area (Å²) in [7, 11) is 0. The lowest BCUT2D eigenvalue weighted by molar-refractivity contribution is -0.135. The van der Waals surface area contributed by atoms with Crippen molar-refractivity contribution in [1.29, 1.82) is 0 Å². The topological polar surface area (TPSA) is 75.7 Å². The van der Waals surface area contributed by atoms with E-state index < -0.39 is 0 Å². The van der Waals surface area contributed by atoms with Crippen LogP contribution in [0.4, 0.5) is 0 Å². The number of amides is 2. The van der Waals surface area contributed by atoms with E-state index in [1.165, 1.54) is 0 Å². The lowest BCUT2D eigenvalue weighted by atomic mass is 9.96. The van der Waals surface area contributed by atoms with Gasteiger partial charge in [0.1, 0.15) is 5.75 Å². The van der Waals surface area contributed by atoms with Crippen molar-refractivity contribution in [2.75, 3.05) is 26.2 Å². The van der Waals surface area contributed by atoms with Gasteiger partial charge in [0.2, 0.25) is 11.8 Å². The van der Waals surface area contributed by atoms with Crippen molar-refractivity contribution in [3.63, 3.8) is 0 Å². The molecule has 0 aliphatic carbocycles. The van der Waals surface area contributed by atoms with Crippen molar-refractivity contribution >= 4 is 17.6 Å². The molecular weight excluding hydrogens is 344 g/mol. The van der Waals surface area contributed by atoms with Crippen LogP contribution >= 0.6 is 0 Å². The number of nitrogens with zero attached hydrogens (tertiary/aromatic N) is 1. The Morgan fingerprint density at radius 1 is 1.15 bits per heavy atom. The molecule has 0 radical (unpaired) electrons. The number of piperidine rings is 1. The van der Waals surface area contributed by atoms with Gasteiger partial charge in [0.25, 0.3) is 0 Å². The molecule has 0 saturated carbocycles. The highest BCUT2D eigenvalue weighted by molar-refractivity contribution is 5.98. The molecule has 27 heavy (non-hydrogen) atoms. The van der Waals surface area contributed by atoms with Gasteiger partial charge in [-0.15, -0.1) is 0 Å². The van der Waals surface area contributed by atoms with E-state index in [0.717, 1.165) is 25.0 Å². The van der Waals surface area contributed by atoms with E-state index in [1.54, 1.807) is 29.2 Å². The molecule has 1 fully saturated rings. The molecule has 1 heterocycles. The fourth-order valence-electron chi connectivity index (χ4n) is 3.22. The van der Waals surface area contributed by atoms with Gasteiger partial charge in [-0.05, 0) is 50.5 Å². The fourth-order valence-corrected chi connectivity index (χ4v) is 3.22. The summed E-state index contributed by atoms with van der Waals surface area (Å²) in [4.78, 5) is 38.5. The maximum atomic E-state index is 12.5. The summed E-state index contributed by atoms with van der Waals surface area (Å²) in [5.41, 5.74) is 0.588. The minimum absolute atomic E-state index is 0.0106. The van der Waals surface area contributed by atoms with Gasteiger partial charge in [-0.2, -0.15) is 0 Å². The Balaban J connectivity index is 1.81. The number of rotatable bonds is 9. The molecule has 0 bridgehead atoms. The maximum Gasteiger partial charge on any atom is 0.224 e. The van der Waals surface area contributed by atoms with Gasteiger partial charge in [0.15, 0.2) is 5.78 Å². The number of benzene rings is 1. The van der Waals surface area contributed by atoms with Crippen molar-refractivity contribution in [3.05, 3.63) is 29.8 Å². The molecule has 1 N–H and O–H groups in total. The first-order valence-corrected chi connectivity index (χ1v) is 9.86. The van der Waals surface area contributed by atoms with Gasteiger partial charge in [0, 0.05) is 38.0 Å². The van der Waals surface area contributed by atoms with Crippen molar-refractivity contribution in [2.24, 2.45) is 5.92 Å². The Labute approximate surface area is 161 Å². The van der Waals surface area contributed by atoms with Gasteiger partial charge >= 0.3 is 0 Å². The Morgan fingerprint density at radius 3 is 2.56 bits per heavy atom. The molecule has 1 aliphatic heterocycles. The van der Waals surface area contributed by atoms with E-state index in [-0.39, 0.29) is 36.4 Å². The first-order valence-electron chi connectivity index (χ1n) is 9.86. The highest BCUT2D eigenvalue weighted by Crippen LogP contribution is 2.19. The summed E-state index contributed by atoms with van der Waals surface area (Å²) >= 11 is 0. The smallest absolute Gasteiger partial charge is 0.224 e. The Kier molecular flexibility index (Phi) is 8.30. The van der Waals surface area contributed by atoms with Gasteiger partial charge in [0.05, 0.1) is 12.5 Å². The molecule has 148 valence electrons. The van der Waals surface area contributed by atoms with Crippen molar-refractivity contribution in [1.82, 2.24) is 10.2 Å². The van der Waals surface area contributed by atoms with Crippen LogP contribution in [0.15, 0.2) is 24.3 Å². The van der Waals surface area contributed by atoms with Crippen LogP contribution in [0.2, 0.25) is 0 Å². The molecule has 1 aliphatic rings. The van der Waals surface area contributed by atoms with Crippen molar-refractivity contribution in [3.8, 4) is 5.75 Å². The quantitative estimate of drug-likeness (QED) is 0.675. The summed E-state index contributed by atoms with van der Waals surface area (Å²) < 4.78 is 5.51. The molecule has 0 aromatic heterocycles. The summed E-state index contributed by atoms with van der Waals surface area (Å²) in [6.07, 6.45) is 2.91. The number of hydrogen-bond donors (Lipinski definition) is 1. The molecule has 1 aromatic rings. The zero-order valence-electron chi connectivity index (χ0n) is 16.3. The SMILES string of the molecule is CCCOc1ccc(C(=O)CCC(=O)N2CCCC(C(=O)NCC)C2)cc1. The first kappa shape index (κ1) is 20.9. The summed E-state index contributed by atoms with van der Waals surface area (Å²) in [5, 5.41) is 2.82. The summed E-state index contributed by atoms with van der Waals surface area (Å²) in [6.45, 7) is 6.27. The third kappa shape index (κ3) is 6.38. The van der Waals surface area contributed by atoms with Gasteiger partial charge in [-0.25, -0.2) is 0 Å². The minimum atomic E-state index is -0.144. The molecule has 2 amide bonds. The van der Waals surface area contributed by atoms with Gasteiger partial charge in [-0.3, -0.25) is 14.4 Å². The number of nitrogens with one attached hydrogen (secondary N) is 1. The lowest BCUT2D eigenvalue weighted by Crippen LogP contribution is -2.45. The lowest BCUT2D eigenvalue weighted by Gasteiger charge is -2.32. The number of ether oxygens (including phenoxy) is 1. The highest BCUT2D eigenvalue weighted by atomic mass is 16.5. The highest BCUT2D eigenvalue weighted by Gasteiger charge is 2.28. The number of likely N-dealkylation sites (tertiary alicyclic amines) is 1. The number of ketones is 1. The minimum Gasteiger partial charge on any atom is -0.494 e. The molecule has 0 spiro atoms. The second-order valence-corrected chi connectivity index (χ2v) is 6.87. The molecule has 1 atom stereocenters. The van der Waals surface area contributed by atoms with Crippen molar-refractivity contribution in [2.45, 2.75) is 46.0 Å². The third-order valence-corrected chi connectivity index (χ3v) is 4.71. The molecule has 6 nitrogen and oxygen atoms in total. The number of carbonyl (C=O) groups is 3. The normalized spacial score (nSPS) is 16.7. The fraction of sp³-hybridized carbons (Fsp3) is 0.571. The zero-order valence-corrected chi connectivity index (χ0v) is 16.3. The average Bonchev–Trinajstić information content (AvgIpc) is 2.70. The molecule has 1 aromatic carbocycles. The predicted octanol–water partition coefficient (Wildman–Crippen LogP) is 2.81. The van der Waals surface area contributed by atoms with Crippen LogP contribution in [-0.2, 0) is 9.59 Å². The number of Topliss-reactive ketones (excluding diaryl/α,β-unsaturated/α-hetero) is 1.